The lowest BCUT2D eigenvalue weighted by atomic mass is 10.0. The number of carboxylic acids is 1. The van der Waals surface area contributed by atoms with Crippen LogP contribution in [0.25, 0.3) is 11.1 Å². The molecule has 3 rings (SSSR count). The lowest BCUT2D eigenvalue weighted by molar-refractivity contribution is -0.139. The van der Waals surface area contributed by atoms with Crippen LogP contribution >= 0.6 is 0 Å². The molecule has 0 saturated carbocycles. The summed E-state index contributed by atoms with van der Waals surface area (Å²) in [5, 5.41) is 17.2. The van der Waals surface area contributed by atoms with Crippen molar-refractivity contribution in [1.29, 1.82) is 0 Å². The summed E-state index contributed by atoms with van der Waals surface area (Å²) in [6.07, 6.45) is 2.53. The van der Waals surface area contributed by atoms with Gasteiger partial charge in [-0.25, -0.2) is 14.4 Å². The molecule has 0 fully saturated rings. The van der Waals surface area contributed by atoms with E-state index in [1.165, 1.54) is 0 Å². The zero-order valence-corrected chi connectivity index (χ0v) is 17.9. The Balaban J connectivity index is 1.65. The zero-order chi connectivity index (χ0) is 23.6. The fraction of sp³-hybridized carbons (Fsp3) is 0.167. The summed E-state index contributed by atoms with van der Waals surface area (Å²) in [5.74, 6) is -1.14. The Kier molecular flexibility index (Phi) is 7.96. The number of aliphatic carboxylic acids is 1. The molecular weight excluding hydrogens is 424 g/mol. The van der Waals surface area contributed by atoms with Crippen molar-refractivity contribution in [3.63, 3.8) is 0 Å². The van der Waals surface area contributed by atoms with Crippen molar-refractivity contribution >= 4 is 29.5 Å². The summed E-state index contributed by atoms with van der Waals surface area (Å²) >= 11 is 0. The van der Waals surface area contributed by atoms with Gasteiger partial charge in [0.1, 0.15) is 6.04 Å². The third-order valence-electron chi connectivity index (χ3n) is 4.65. The molecule has 33 heavy (non-hydrogen) atoms. The Morgan fingerprint density at radius 3 is 2.30 bits per heavy atom. The second-order valence-electron chi connectivity index (χ2n) is 7.05. The number of aromatic nitrogens is 1. The van der Waals surface area contributed by atoms with Crippen molar-refractivity contribution in [2.24, 2.45) is 0 Å². The molecule has 0 bridgehead atoms. The summed E-state index contributed by atoms with van der Waals surface area (Å²) in [6.45, 7) is 1.80. The minimum absolute atomic E-state index is 0.116. The van der Waals surface area contributed by atoms with Crippen LogP contribution in [0.3, 0.4) is 0 Å². The van der Waals surface area contributed by atoms with Gasteiger partial charge in [0.2, 0.25) is 0 Å². The number of amides is 3. The number of benzene rings is 2. The number of pyridine rings is 1. The minimum Gasteiger partial charge on any atom is -0.480 e. The molecule has 0 unspecified atom stereocenters. The molecule has 3 amide bonds. The number of nitrogens with one attached hydrogen (secondary N) is 3. The molecule has 9 heteroatoms. The smallest absolute Gasteiger partial charge is 0.407 e. The van der Waals surface area contributed by atoms with Gasteiger partial charge in [0.05, 0.1) is 6.61 Å². The van der Waals surface area contributed by atoms with E-state index in [0.717, 1.165) is 16.7 Å². The predicted molar refractivity (Wildman–Crippen MR) is 124 cm³/mol. The molecule has 3 aromatic rings. The first-order valence-electron chi connectivity index (χ1n) is 10.3. The molecule has 1 heterocycles. The van der Waals surface area contributed by atoms with Crippen molar-refractivity contribution in [3.8, 4) is 11.1 Å². The maximum Gasteiger partial charge on any atom is 0.407 e. The summed E-state index contributed by atoms with van der Waals surface area (Å²) < 4.78 is 4.76. The number of urea groups is 1. The molecule has 0 radical (unpaired) electrons. The number of anilines is 2. The first-order chi connectivity index (χ1) is 15.9. The molecule has 170 valence electrons. The Labute approximate surface area is 190 Å². The predicted octanol–water partition coefficient (Wildman–Crippen LogP) is 4.13. The van der Waals surface area contributed by atoms with Crippen molar-refractivity contribution in [2.75, 3.05) is 17.2 Å². The first-order valence-corrected chi connectivity index (χ1v) is 10.3. The second-order valence-corrected chi connectivity index (χ2v) is 7.05. The molecule has 0 spiro atoms. The Morgan fingerprint density at radius 2 is 1.64 bits per heavy atom. The van der Waals surface area contributed by atoms with E-state index < -0.39 is 18.1 Å². The van der Waals surface area contributed by atoms with Crippen LogP contribution in [0.2, 0.25) is 0 Å². The van der Waals surface area contributed by atoms with Crippen molar-refractivity contribution in [2.45, 2.75) is 19.4 Å². The molecule has 0 saturated heterocycles. The summed E-state index contributed by atoms with van der Waals surface area (Å²) in [6, 6.07) is 16.6. The summed E-state index contributed by atoms with van der Waals surface area (Å²) in [7, 11) is 0. The molecule has 2 aromatic carbocycles. The van der Waals surface area contributed by atoms with Gasteiger partial charge in [-0.05, 0) is 47.9 Å². The number of hydrogen-bond donors (Lipinski definition) is 4. The molecule has 1 atom stereocenters. The average molecular weight is 448 g/mol. The van der Waals surface area contributed by atoms with Crippen LogP contribution in [-0.4, -0.2) is 40.8 Å². The molecule has 0 aliphatic heterocycles. The summed E-state index contributed by atoms with van der Waals surface area (Å²) in [4.78, 5) is 39.2. The van der Waals surface area contributed by atoms with Crippen LogP contribution in [-0.2, 0) is 16.0 Å². The summed E-state index contributed by atoms with van der Waals surface area (Å²) in [5.41, 5.74) is 3.76. The van der Waals surface area contributed by atoms with E-state index in [1.54, 1.807) is 49.6 Å². The minimum atomic E-state index is -1.14. The van der Waals surface area contributed by atoms with Gasteiger partial charge in [0.25, 0.3) is 0 Å². The van der Waals surface area contributed by atoms with Gasteiger partial charge in [0.15, 0.2) is 0 Å². The van der Waals surface area contributed by atoms with Crippen LogP contribution in [0.1, 0.15) is 12.5 Å². The van der Waals surface area contributed by atoms with E-state index in [9.17, 15) is 19.5 Å². The Bertz CT molecular complexity index is 1100. The number of alkyl carbamates (subject to hydrolysis) is 1. The van der Waals surface area contributed by atoms with Crippen LogP contribution in [0, 0.1) is 0 Å². The average Bonchev–Trinajstić information content (AvgIpc) is 2.80. The second kappa shape index (κ2) is 11.3. The highest BCUT2D eigenvalue weighted by molar-refractivity contribution is 6.00. The fourth-order valence-electron chi connectivity index (χ4n) is 3.09. The number of hydrogen-bond acceptors (Lipinski definition) is 5. The van der Waals surface area contributed by atoms with E-state index in [0.29, 0.717) is 11.4 Å². The van der Waals surface area contributed by atoms with Gasteiger partial charge in [-0.3, -0.25) is 4.98 Å². The molecular formula is C24H24N4O5. The van der Waals surface area contributed by atoms with Crippen molar-refractivity contribution < 1.29 is 24.2 Å². The highest BCUT2D eigenvalue weighted by atomic mass is 16.5. The standard InChI is InChI=1S/C24H24N4O5/c1-2-33-24(32)28-21(22(29)30)14-16-6-8-17(9-7-16)18-4-3-5-20(15-18)27-23(31)26-19-10-12-25-13-11-19/h3-13,15,21H,2,14H2,1H3,(H,28,32)(H,29,30)(H2,25,26,27,31)/t21-/m1/s1. The molecule has 4 N–H and O–H groups in total. The first kappa shape index (κ1) is 23.3. The van der Waals surface area contributed by atoms with E-state index in [1.807, 2.05) is 30.3 Å². The van der Waals surface area contributed by atoms with Gasteiger partial charge >= 0.3 is 18.1 Å². The Morgan fingerprint density at radius 1 is 0.939 bits per heavy atom. The lowest BCUT2D eigenvalue weighted by Crippen LogP contribution is -2.42. The van der Waals surface area contributed by atoms with Crippen LogP contribution in [0.15, 0.2) is 73.1 Å². The highest BCUT2D eigenvalue weighted by Crippen LogP contribution is 2.23. The van der Waals surface area contributed by atoms with Gasteiger partial charge < -0.3 is 25.8 Å². The zero-order valence-electron chi connectivity index (χ0n) is 17.9. The topological polar surface area (TPSA) is 130 Å². The van der Waals surface area contributed by atoms with Gasteiger partial charge in [0, 0.05) is 30.2 Å². The third kappa shape index (κ3) is 7.06. The van der Waals surface area contributed by atoms with E-state index in [-0.39, 0.29) is 19.1 Å². The number of rotatable bonds is 8. The maximum absolute atomic E-state index is 12.2. The van der Waals surface area contributed by atoms with Gasteiger partial charge in [-0.1, -0.05) is 36.4 Å². The maximum atomic E-state index is 12.2. The van der Waals surface area contributed by atoms with Crippen LogP contribution < -0.4 is 16.0 Å². The molecule has 1 aromatic heterocycles. The Hall–Kier alpha value is -4.40. The number of carbonyl (C=O) groups excluding carboxylic acids is 2. The highest BCUT2D eigenvalue weighted by Gasteiger charge is 2.21. The van der Waals surface area contributed by atoms with Gasteiger partial charge in [-0.2, -0.15) is 0 Å². The van der Waals surface area contributed by atoms with Crippen LogP contribution in [0.5, 0.6) is 0 Å². The monoisotopic (exact) mass is 448 g/mol. The molecule has 9 nitrogen and oxygen atoms in total. The van der Waals surface area contributed by atoms with E-state index >= 15 is 0 Å². The van der Waals surface area contributed by atoms with E-state index in [2.05, 4.69) is 20.9 Å². The van der Waals surface area contributed by atoms with E-state index in [4.69, 9.17) is 4.74 Å². The number of carboxylic acid groups (broad SMARTS) is 1. The van der Waals surface area contributed by atoms with Crippen molar-refractivity contribution in [1.82, 2.24) is 10.3 Å². The van der Waals surface area contributed by atoms with Crippen molar-refractivity contribution in [3.05, 3.63) is 78.6 Å². The molecule has 0 aliphatic rings. The third-order valence-corrected chi connectivity index (χ3v) is 4.65. The number of carbonyl (C=O) groups is 3. The SMILES string of the molecule is CCOC(=O)N[C@H](Cc1ccc(-c2cccc(NC(=O)Nc3ccncc3)c2)cc1)C(=O)O. The molecule has 0 aliphatic carbocycles. The lowest BCUT2D eigenvalue weighted by Gasteiger charge is -2.14. The van der Waals surface area contributed by atoms with Gasteiger partial charge in [-0.15, -0.1) is 0 Å². The number of ether oxygens (including phenoxy) is 1. The van der Waals surface area contributed by atoms with Crippen LogP contribution in [0.4, 0.5) is 21.0 Å². The normalized spacial score (nSPS) is 11.2. The fourth-order valence-corrected chi connectivity index (χ4v) is 3.09. The number of nitrogens with zero attached hydrogens (tertiary/aromatic N) is 1. The quantitative estimate of drug-likeness (QED) is 0.410. The largest absolute Gasteiger partial charge is 0.480 e.